The van der Waals surface area contributed by atoms with Crippen molar-refractivity contribution in [3.63, 3.8) is 0 Å². The second-order valence-corrected chi connectivity index (χ2v) is 2.92. The summed E-state index contributed by atoms with van der Waals surface area (Å²) in [6.45, 7) is 0. The SMILES string of the molecule is N#Cc1c(Cl)c[c]cc1CBr. The molecule has 1 radical (unpaired) electrons. The highest BCUT2D eigenvalue weighted by atomic mass is 79.9. The Bertz CT molecular complexity index is 303. The number of alkyl halides is 1. The van der Waals surface area contributed by atoms with Crippen LogP contribution in [0.2, 0.25) is 5.02 Å². The molecule has 0 saturated carbocycles. The third-order valence-corrected chi connectivity index (χ3v) is 2.19. The van der Waals surface area contributed by atoms with Crippen LogP contribution in [0.25, 0.3) is 0 Å². The monoisotopic (exact) mass is 228 g/mol. The second kappa shape index (κ2) is 3.75. The van der Waals surface area contributed by atoms with Crippen molar-refractivity contribution in [1.82, 2.24) is 0 Å². The maximum absolute atomic E-state index is 8.66. The molecule has 0 aliphatic rings. The highest BCUT2D eigenvalue weighted by molar-refractivity contribution is 9.08. The maximum Gasteiger partial charge on any atom is 0.101 e. The summed E-state index contributed by atoms with van der Waals surface area (Å²) in [5, 5.41) is 9.76. The van der Waals surface area contributed by atoms with E-state index in [1.54, 1.807) is 12.1 Å². The lowest BCUT2D eigenvalue weighted by Crippen LogP contribution is -1.85. The molecule has 1 nitrogen and oxygen atoms in total. The molecule has 0 aliphatic carbocycles. The average Bonchev–Trinajstić information content (AvgIpc) is 2.04. The lowest BCUT2D eigenvalue weighted by molar-refractivity contribution is 1.37. The molecule has 0 unspecified atom stereocenters. The Hall–Kier alpha value is -0.520. The zero-order valence-electron chi connectivity index (χ0n) is 5.56. The normalized spacial score (nSPS) is 9.18. The number of benzene rings is 1. The second-order valence-electron chi connectivity index (χ2n) is 1.95. The molecule has 0 amide bonds. The van der Waals surface area contributed by atoms with E-state index in [4.69, 9.17) is 16.9 Å². The van der Waals surface area contributed by atoms with Crippen LogP contribution in [-0.2, 0) is 5.33 Å². The maximum atomic E-state index is 8.66. The number of halogens is 2. The molecule has 0 heterocycles. The molecule has 0 aliphatic heterocycles. The number of rotatable bonds is 1. The van der Waals surface area contributed by atoms with Crippen LogP contribution in [0.3, 0.4) is 0 Å². The van der Waals surface area contributed by atoms with E-state index in [2.05, 4.69) is 22.0 Å². The molecule has 0 N–H and O–H groups in total. The van der Waals surface area contributed by atoms with E-state index in [1.165, 1.54) is 0 Å². The molecule has 0 spiro atoms. The van der Waals surface area contributed by atoms with Gasteiger partial charge < -0.3 is 0 Å². The van der Waals surface area contributed by atoms with Crippen LogP contribution < -0.4 is 0 Å². The van der Waals surface area contributed by atoms with E-state index in [1.807, 2.05) is 6.07 Å². The van der Waals surface area contributed by atoms with Gasteiger partial charge in [0.2, 0.25) is 0 Å². The fourth-order valence-corrected chi connectivity index (χ4v) is 1.41. The number of hydrogen-bond acceptors (Lipinski definition) is 1. The predicted octanol–water partition coefficient (Wildman–Crippen LogP) is 2.91. The molecule has 1 aromatic carbocycles. The van der Waals surface area contributed by atoms with Crippen LogP contribution in [0.15, 0.2) is 12.1 Å². The van der Waals surface area contributed by atoms with Crippen LogP contribution in [0, 0.1) is 17.4 Å². The van der Waals surface area contributed by atoms with E-state index < -0.39 is 0 Å². The van der Waals surface area contributed by atoms with E-state index in [9.17, 15) is 0 Å². The van der Waals surface area contributed by atoms with Crippen molar-refractivity contribution in [1.29, 1.82) is 5.26 Å². The average molecular weight is 229 g/mol. The highest BCUT2D eigenvalue weighted by Gasteiger charge is 2.03. The van der Waals surface area contributed by atoms with Gasteiger partial charge in [0.05, 0.1) is 10.6 Å². The first-order valence-corrected chi connectivity index (χ1v) is 4.44. The Morgan fingerprint density at radius 3 is 2.82 bits per heavy atom. The van der Waals surface area contributed by atoms with Gasteiger partial charge >= 0.3 is 0 Å². The molecule has 0 saturated heterocycles. The van der Waals surface area contributed by atoms with Gasteiger partial charge in [-0.3, -0.25) is 0 Å². The fraction of sp³-hybridized carbons (Fsp3) is 0.125. The van der Waals surface area contributed by atoms with Gasteiger partial charge in [-0.1, -0.05) is 27.5 Å². The van der Waals surface area contributed by atoms with Crippen LogP contribution in [0.1, 0.15) is 11.1 Å². The molecule has 3 heteroatoms. The van der Waals surface area contributed by atoms with Crippen molar-refractivity contribution >= 4 is 27.5 Å². The molecular formula is C8H4BrClN. The van der Waals surface area contributed by atoms with E-state index in [0.717, 1.165) is 5.56 Å². The van der Waals surface area contributed by atoms with Crippen LogP contribution in [0.5, 0.6) is 0 Å². The smallest absolute Gasteiger partial charge is 0.101 e. The van der Waals surface area contributed by atoms with Gasteiger partial charge in [-0.25, -0.2) is 0 Å². The van der Waals surface area contributed by atoms with Crippen molar-refractivity contribution in [2.24, 2.45) is 0 Å². The fourth-order valence-electron chi connectivity index (χ4n) is 0.744. The largest absolute Gasteiger partial charge is 0.192 e. The lowest BCUT2D eigenvalue weighted by atomic mass is 10.1. The molecule has 1 rings (SSSR count). The minimum atomic E-state index is 0.462. The first-order chi connectivity index (χ1) is 5.29. The zero-order chi connectivity index (χ0) is 8.27. The van der Waals surface area contributed by atoms with Gasteiger partial charge in [-0.15, -0.1) is 0 Å². The molecule has 0 atom stereocenters. The predicted molar refractivity (Wildman–Crippen MR) is 47.6 cm³/mol. The van der Waals surface area contributed by atoms with Gasteiger partial charge in [-0.05, 0) is 23.8 Å². The first-order valence-electron chi connectivity index (χ1n) is 2.94. The molecule has 55 valence electrons. The highest BCUT2D eigenvalue weighted by Crippen LogP contribution is 2.20. The van der Waals surface area contributed by atoms with Crippen LogP contribution >= 0.6 is 27.5 Å². The van der Waals surface area contributed by atoms with Crippen molar-refractivity contribution in [3.8, 4) is 6.07 Å². The van der Waals surface area contributed by atoms with Gasteiger partial charge in [0.25, 0.3) is 0 Å². The molecule has 11 heavy (non-hydrogen) atoms. The summed E-state index contributed by atoms with van der Waals surface area (Å²) < 4.78 is 0. The molecule has 0 aromatic heterocycles. The third kappa shape index (κ3) is 1.74. The van der Waals surface area contributed by atoms with Crippen molar-refractivity contribution in [2.45, 2.75) is 5.33 Å². The number of hydrogen-bond donors (Lipinski definition) is 0. The number of nitrogens with zero attached hydrogens (tertiary/aromatic N) is 1. The Balaban J connectivity index is 3.27. The topological polar surface area (TPSA) is 23.8 Å². The van der Waals surface area contributed by atoms with Gasteiger partial charge in [0.15, 0.2) is 0 Å². The standard InChI is InChI=1S/C8H4BrClN/c9-4-6-2-1-3-8(10)7(6)5-11/h2-3H,4H2. The minimum Gasteiger partial charge on any atom is -0.192 e. The summed E-state index contributed by atoms with van der Waals surface area (Å²) in [6, 6.07) is 8.21. The summed E-state index contributed by atoms with van der Waals surface area (Å²) in [7, 11) is 0. The van der Waals surface area contributed by atoms with Gasteiger partial charge in [0.1, 0.15) is 6.07 Å². The van der Waals surface area contributed by atoms with Crippen molar-refractivity contribution in [3.05, 3.63) is 34.3 Å². The Kier molecular flexibility index (Phi) is 2.92. The Labute approximate surface area is 78.7 Å². The quantitative estimate of drug-likeness (QED) is 0.679. The van der Waals surface area contributed by atoms with Crippen LogP contribution in [0.4, 0.5) is 0 Å². The molecule has 0 fully saturated rings. The molecular weight excluding hydrogens is 225 g/mol. The van der Waals surface area contributed by atoms with Crippen molar-refractivity contribution < 1.29 is 0 Å². The van der Waals surface area contributed by atoms with E-state index in [-0.39, 0.29) is 0 Å². The number of nitriles is 1. The zero-order valence-corrected chi connectivity index (χ0v) is 7.91. The van der Waals surface area contributed by atoms with Crippen molar-refractivity contribution in [2.75, 3.05) is 0 Å². The lowest BCUT2D eigenvalue weighted by Gasteiger charge is -1.98. The Morgan fingerprint density at radius 2 is 2.36 bits per heavy atom. The molecule has 0 bridgehead atoms. The van der Waals surface area contributed by atoms with E-state index in [0.29, 0.717) is 15.9 Å². The Morgan fingerprint density at radius 1 is 1.64 bits per heavy atom. The summed E-state index contributed by atoms with van der Waals surface area (Å²) in [5.74, 6) is 0. The first kappa shape index (κ1) is 8.58. The summed E-state index contributed by atoms with van der Waals surface area (Å²) >= 11 is 8.99. The van der Waals surface area contributed by atoms with E-state index >= 15 is 0 Å². The minimum absolute atomic E-state index is 0.462. The van der Waals surface area contributed by atoms with Gasteiger partial charge in [0, 0.05) is 5.33 Å². The summed E-state index contributed by atoms with van der Waals surface area (Å²) in [6.07, 6.45) is 0. The van der Waals surface area contributed by atoms with Crippen LogP contribution in [-0.4, -0.2) is 0 Å². The van der Waals surface area contributed by atoms with Gasteiger partial charge in [-0.2, -0.15) is 5.26 Å². The summed E-state index contributed by atoms with van der Waals surface area (Å²) in [4.78, 5) is 0. The summed E-state index contributed by atoms with van der Waals surface area (Å²) in [5.41, 5.74) is 1.40. The third-order valence-electron chi connectivity index (χ3n) is 1.28. The molecule has 1 aromatic rings.